The SMILES string of the molecule is CC(C)c1ccccc1.Cl.OO. The van der Waals surface area contributed by atoms with Crippen LogP contribution in [-0.2, 0) is 0 Å². The average molecular weight is 191 g/mol. The van der Waals surface area contributed by atoms with Gasteiger partial charge >= 0.3 is 0 Å². The summed E-state index contributed by atoms with van der Waals surface area (Å²) in [4.78, 5) is 0. The fourth-order valence-corrected chi connectivity index (χ4v) is 0.838. The van der Waals surface area contributed by atoms with E-state index in [4.69, 9.17) is 10.5 Å². The molecule has 0 bridgehead atoms. The molecule has 1 aromatic rings. The van der Waals surface area contributed by atoms with Crippen molar-refractivity contribution in [2.24, 2.45) is 0 Å². The van der Waals surface area contributed by atoms with Crippen molar-refractivity contribution >= 4 is 12.4 Å². The van der Waals surface area contributed by atoms with E-state index in [2.05, 4.69) is 38.1 Å². The Labute approximate surface area is 79.2 Å². The second kappa shape index (κ2) is 8.53. The molecule has 3 heteroatoms. The maximum Gasteiger partial charge on any atom is -0.0219 e. The number of rotatable bonds is 1. The number of hydrogen-bond donors (Lipinski definition) is 2. The Hall–Kier alpha value is -0.570. The van der Waals surface area contributed by atoms with Gasteiger partial charge in [-0.2, -0.15) is 0 Å². The molecule has 0 amide bonds. The molecular formula is C9H15ClO2. The van der Waals surface area contributed by atoms with Crippen LogP contribution in [0, 0.1) is 0 Å². The molecule has 0 spiro atoms. The molecule has 0 radical (unpaired) electrons. The molecule has 12 heavy (non-hydrogen) atoms. The van der Waals surface area contributed by atoms with Gasteiger partial charge in [-0.05, 0) is 11.5 Å². The first kappa shape index (κ1) is 14.0. The van der Waals surface area contributed by atoms with Gasteiger partial charge in [0.05, 0.1) is 0 Å². The first-order valence-electron chi connectivity index (χ1n) is 3.55. The zero-order valence-corrected chi connectivity index (χ0v) is 8.08. The molecule has 0 aliphatic rings. The molecule has 0 fully saturated rings. The number of halogens is 1. The second-order valence-corrected chi connectivity index (χ2v) is 2.57. The highest BCUT2D eigenvalue weighted by molar-refractivity contribution is 5.85. The molecule has 0 saturated heterocycles. The second-order valence-electron chi connectivity index (χ2n) is 2.57. The lowest BCUT2D eigenvalue weighted by Crippen LogP contribution is -1.83. The summed E-state index contributed by atoms with van der Waals surface area (Å²) in [5.74, 6) is 0.659. The van der Waals surface area contributed by atoms with Gasteiger partial charge < -0.3 is 0 Å². The van der Waals surface area contributed by atoms with Crippen molar-refractivity contribution in [1.29, 1.82) is 0 Å². The van der Waals surface area contributed by atoms with Crippen molar-refractivity contribution in [3.8, 4) is 0 Å². The van der Waals surface area contributed by atoms with Crippen molar-refractivity contribution in [3.05, 3.63) is 35.9 Å². The van der Waals surface area contributed by atoms with Crippen molar-refractivity contribution in [1.82, 2.24) is 0 Å². The highest BCUT2D eigenvalue weighted by atomic mass is 35.5. The number of hydrogen-bond acceptors (Lipinski definition) is 2. The smallest absolute Gasteiger partial charge is 0.0219 e. The Kier molecular flexibility index (Phi) is 9.93. The van der Waals surface area contributed by atoms with Crippen molar-refractivity contribution in [3.63, 3.8) is 0 Å². The number of benzene rings is 1. The van der Waals surface area contributed by atoms with E-state index in [0.717, 1.165) is 0 Å². The van der Waals surface area contributed by atoms with E-state index in [1.807, 2.05) is 6.07 Å². The Morgan fingerprint density at radius 3 is 1.67 bits per heavy atom. The van der Waals surface area contributed by atoms with E-state index < -0.39 is 0 Å². The molecule has 0 unspecified atom stereocenters. The van der Waals surface area contributed by atoms with Crippen LogP contribution >= 0.6 is 12.4 Å². The fraction of sp³-hybridized carbons (Fsp3) is 0.333. The van der Waals surface area contributed by atoms with Gasteiger partial charge in [-0.1, -0.05) is 44.2 Å². The van der Waals surface area contributed by atoms with Crippen LogP contribution in [0.1, 0.15) is 25.3 Å². The standard InChI is InChI=1S/C9H12.ClH.H2O2/c1-8(2)9-6-4-3-5-7-9;;1-2/h3-8H,1-2H3;1H;1-2H. The maximum atomic E-state index is 6.00. The van der Waals surface area contributed by atoms with Crippen molar-refractivity contribution in [2.75, 3.05) is 0 Å². The quantitative estimate of drug-likeness (QED) is 0.527. The van der Waals surface area contributed by atoms with Crippen LogP contribution in [0.25, 0.3) is 0 Å². The minimum absolute atomic E-state index is 0. The molecule has 0 aromatic heterocycles. The van der Waals surface area contributed by atoms with E-state index in [9.17, 15) is 0 Å². The van der Waals surface area contributed by atoms with Crippen molar-refractivity contribution < 1.29 is 10.5 Å². The maximum absolute atomic E-state index is 6.00. The van der Waals surface area contributed by atoms with Gasteiger partial charge in [0.25, 0.3) is 0 Å². The van der Waals surface area contributed by atoms with Crippen LogP contribution in [0.4, 0.5) is 0 Å². The summed E-state index contributed by atoms with van der Waals surface area (Å²) in [6.45, 7) is 4.41. The first-order valence-corrected chi connectivity index (χ1v) is 3.55. The fourth-order valence-electron chi connectivity index (χ4n) is 0.838. The minimum Gasteiger partial charge on any atom is -0.255 e. The third kappa shape index (κ3) is 5.13. The first-order chi connectivity index (χ1) is 5.30. The van der Waals surface area contributed by atoms with Crippen LogP contribution in [0.5, 0.6) is 0 Å². The molecule has 0 aliphatic heterocycles. The van der Waals surface area contributed by atoms with Crippen LogP contribution in [0.2, 0.25) is 0 Å². The highest BCUT2D eigenvalue weighted by Gasteiger charge is 1.93. The summed E-state index contributed by atoms with van der Waals surface area (Å²) in [6.07, 6.45) is 0. The molecule has 1 rings (SSSR count). The van der Waals surface area contributed by atoms with Gasteiger partial charge in [0, 0.05) is 0 Å². The third-order valence-electron chi connectivity index (χ3n) is 1.47. The van der Waals surface area contributed by atoms with Gasteiger partial charge in [0.1, 0.15) is 0 Å². The zero-order valence-electron chi connectivity index (χ0n) is 7.27. The van der Waals surface area contributed by atoms with Gasteiger partial charge in [-0.3, -0.25) is 10.5 Å². The van der Waals surface area contributed by atoms with E-state index in [1.165, 1.54) is 5.56 Å². The molecular weight excluding hydrogens is 176 g/mol. The summed E-state index contributed by atoms with van der Waals surface area (Å²) in [5, 5.41) is 12.0. The largest absolute Gasteiger partial charge is 0.255 e. The van der Waals surface area contributed by atoms with Gasteiger partial charge in [0.2, 0.25) is 0 Å². The van der Waals surface area contributed by atoms with Crippen molar-refractivity contribution in [2.45, 2.75) is 19.8 Å². The summed E-state index contributed by atoms with van der Waals surface area (Å²) < 4.78 is 0. The molecule has 1 aromatic carbocycles. The summed E-state index contributed by atoms with van der Waals surface area (Å²) in [7, 11) is 0. The average Bonchev–Trinajstić information content (AvgIpc) is 2.10. The van der Waals surface area contributed by atoms with E-state index >= 15 is 0 Å². The topological polar surface area (TPSA) is 40.5 Å². The zero-order chi connectivity index (χ0) is 8.69. The van der Waals surface area contributed by atoms with Crippen LogP contribution < -0.4 is 0 Å². The van der Waals surface area contributed by atoms with E-state index in [0.29, 0.717) is 5.92 Å². The molecule has 0 heterocycles. The molecule has 2 N–H and O–H groups in total. The van der Waals surface area contributed by atoms with E-state index in [1.54, 1.807) is 0 Å². The van der Waals surface area contributed by atoms with Crippen LogP contribution in [0.3, 0.4) is 0 Å². The Morgan fingerprint density at radius 2 is 1.42 bits per heavy atom. The van der Waals surface area contributed by atoms with Gasteiger partial charge in [0.15, 0.2) is 0 Å². The molecule has 0 saturated carbocycles. The summed E-state index contributed by atoms with van der Waals surface area (Å²) in [6, 6.07) is 10.5. The van der Waals surface area contributed by atoms with Crippen LogP contribution in [-0.4, -0.2) is 10.5 Å². The predicted octanol–water partition coefficient (Wildman–Crippen LogP) is 3.25. The Morgan fingerprint density at radius 1 is 1.00 bits per heavy atom. The lowest BCUT2D eigenvalue weighted by Gasteiger charge is -2.01. The van der Waals surface area contributed by atoms with E-state index in [-0.39, 0.29) is 12.4 Å². The Balaban J connectivity index is 0. The minimum atomic E-state index is 0. The normalized spacial score (nSPS) is 8.08. The Bertz CT molecular complexity index is 175. The lowest BCUT2D eigenvalue weighted by molar-refractivity contribution is -0.176. The van der Waals surface area contributed by atoms with Crippen LogP contribution in [0.15, 0.2) is 30.3 Å². The van der Waals surface area contributed by atoms with Gasteiger partial charge in [-0.25, -0.2) is 0 Å². The lowest BCUT2D eigenvalue weighted by atomic mass is 10.0. The molecule has 0 atom stereocenters. The van der Waals surface area contributed by atoms with Gasteiger partial charge in [-0.15, -0.1) is 12.4 Å². The molecule has 0 aliphatic carbocycles. The summed E-state index contributed by atoms with van der Waals surface area (Å²) in [5.41, 5.74) is 1.41. The monoisotopic (exact) mass is 190 g/mol. The highest BCUT2D eigenvalue weighted by Crippen LogP contribution is 2.11. The summed E-state index contributed by atoms with van der Waals surface area (Å²) >= 11 is 0. The predicted molar refractivity (Wildman–Crippen MR) is 53.0 cm³/mol. The molecule has 70 valence electrons. The third-order valence-corrected chi connectivity index (χ3v) is 1.47. The molecule has 2 nitrogen and oxygen atoms in total.